The van der Waals surface area contributed by atoms with E-state index in [1.54, 1.807) is 13.8 Å². The zero-order valence-electron chi connectivity index (χ0n) is 16.9. The summed E-state index contributed by atoms with van der Waals surface area (Å²) < 4.78 is 65.7. The lowest BCUT2D eigenvalue weighted by Crippen LogP contribution is -2.66. The van der Waals surface area contributed by atoms with Crippen LogP contribution in [0, 0.1) is 17.5 Å². The molecule has 3 fully saturated rings. The lowest BCUT2D eigenvalue weighted by Gasteiger charge is -2.53. The number of aliphatic hydroxyl groups is 1. The van der Waals surface area contributed by atoms with Crippen LogP contribution in [0.1, 0.15) is 32.7 Å². The average molecular weight is 441 g/mol. The number of benzene rings is 1. The summed E-state index contributed by atoms with van der Waals surface area (Å²) in [7, 11) is 0. The minimum atomic E-state index is -1.56. The number of halogens is 3. The molecular weight excluding hydrogens is 419 g/mol. The molecule has 1 aromatic heterocycles. The Balaban J connectivity index is 1.53. The molecule has 0 saturated carbocycles. The fourth-order valence-electron chi connectivity index (χ4n) is 4.49. The van der Waals surface area contributed by atoms with Crippen LogP contribution in [0.25, 0.3) is 11.3 Å². The highest BCUT2D eigenvalue weighted by molar-refractivity contribution is 5.57. The maximum Gasteiger partial charge on any atom is 0.197 e. The second kappa shape index (κ2) is 7.24. The molecule has 168 valence electrons. The maximum atomic E-state index is 13.7. The van der Waals surface area contributed by atoms with Gasteiger partial charge in [0.15, 0.2) is 29.0 Å². The number of ether oxygens (including phenoxy) is 4. The molecule has 0 bridgehead atoms. The van der Waals surface area contributed by atoms with Crippen molar-refractivity contribution in [2.75, 3.05) is 13.2 Å². The molecule has 1 spiro atoms. The topological polar surface area (TPSA) is 87.9 Å². The normalized spacial score (nSPS) is 34.8. The van der Waals surface area contributed by atoms with Gasteiger partial charge < -0.3 is 24.1 Å². The average Bonchev–Trinajstić information content (AvgIpc) is 3.38. The summed E-state index contributed by atoms with van der Waals surface area (Å²) in [4.78, 5) is 0. The molecule has 4 heterocycles. The van der Waals surface area contributed by atoms with Crippen LogP contribution in [0.15, 0.2) is 18.3 Å². The van der Waals surface area contributed by atoms with Crippen molar-refractivity contribution in [3.63, 3.8) is 0 Å². The summed E-state index contributed by atoms with van der Waals surface area (Å²) in [5, 5.41) is 19.3. The van der Waals surface area contributed by atoms with Crippen molar-refractivity contribution in [3.8, 4) is 11.3 Å². The van der Waals surface area contributed by atoms with Gasteiger partial charge in [-0.25, -0.2) is 17.9 Å². The summed E-state index contributed by atoms with van der Waals surface area (Å²) in [6.07, 6.45) is 0.286. The summed E-state index contributed by atoms with van der Waals surface area (Å²) in [5.74, 6) is -6.37. The number of hydrogen-bond acceptors (Lipinski definition) is 7. The maximum absolute atomic E-state index is 13.7. The van der Waals surface area contributed by atoms with Gasteiger partial charge in [-0.05, 0) is 32.4 Å². The molecule has 0 unspecified atom stereocenters. The molecule has 1 aromatic carbocycles. The van der Waals surface area contributed by atoms with Crippen LogP contribution in [0.5, 0.6) is 0 Å². The number of rotatable bonds is 2. The Labute approximate surface area is 175 Å². The van der Waals surface area contributed by atoms with Gasteiger partial charge in [0.25, 0.3) is 0 Å². The van der Waals surface area contributed by atoms with Gasteiger partial charge in [0.2, 0.25) is 0 Å². The van der Waals surface area contributed by atoms with Gasteiger partial charge >= 0.3 is 0 Å². The van der Waals surface area contributed by atoms with Crippen LogP contribution >= 0.6 is 0 Å². The molecule has 3 saturated heterocycles. The number of aliphatic hydroxyl groups excluding tert-OH is 1. The number of hydrogen-bond donors (Lipinski definition) is 1. The Morgan fingerprint density at radius 1 is 1.13 bits per heavy atom. The molecule has 11 heteroatoms. The van der Waals surface area contributed by atoms with Crippen molar-refractivity contribution in [3.05, 3.63) is 35.8 Å². The first-order valence-electron chi connectivity index (χ1n) is 10.1. The number of nitrogens with zero attached hydrogens (tertiary/aromatic N) is 3. The first-order valence-corrected chi connectivity index (χ1v) is 10.1. The smallest absolute Gasteiger partial charge is 0.197 e. The molecule has 5 atom stereocenters. The molecule has 5 rings (SSSR count). The van der Waals surface area contributed by atoms with E-state index in [1.165, 1.54) is 10.9 Å². The van der Waals surface area contributed by atoms with Crippen molar-refractivity contribution >= 4 is 0 Å². The highest BCUT2D eigenvalue weighted by atomic mass is 19.2. The van der Waals surface area contributed by atoms with E-state index in [-0.39, 0.29) is 17.9 Å². The molecule has 2 aromatic rings. The Kier molecular flexibility index (Phi) is 4.87. The van der Waals surface area contributed by atoms with E-state index in [0.717, 1.165) is 12.1 Å². The molecule has 8 nitrogen and oxygen atoms in total. The predicted molar refractivity (Wildman–Crippen MR) is 98.1 cm³/mol. The van der Waals surface area contributed by atoms with E-state index in [2.05, 4.69) is 10.3 Å². The second-order valence-electron chi connectivity index (χ2n) is 8.49. The minimum Gasteiger partial charge on any atom is -0.385 e. The van der Waals surface area contributed by atoms with E-state index in [0.29, 0.717) is 19.4 Å². The van der Waals surface area contributed by atoms with Crippen LogP contribution in [-0.2, 0) is 18.9 Å². The largest absolute Gasteiger partial charge is 0.385 e. The lowest BCUT2D eigenvalue weighted by atomic mass is 9.88. The lowest BCUT2D eigenvalue weighted by molar-refractivity contribution is -0.399. The summed E-state index contributed by atoms with van der Waals surface area (Å²) >= 11 is 0. The number of fused-ring (bicyclic) bond motifs is 1. The van der Waals surface area contributed by atoms with Gasteiger partial charge in [-0.3, -0.25) is 0 Å². The summed E-state index contributed by atoms with van der Waals surface area (Å²) in [5.41, 5.74) is 0.126. The van der Waals surface area contributed by atoms with Gasteiger partial charge in [-0.2, -0.15) is 0 Å². The highest BCUT2D eigenvalue weighted by Crippen LogP contribution is 2.46. The fraction of sp³-hybridized carbons (Fsp3) is 0.600. The van der Waals surface area contributed by atoms with Gasteiger partial charge in [-0.1, -0.05) is 5.21 Å². The second-order valence-corrected chi connectivity index (χ2v) is 8.49. The van der Waals surface area contributed by atoms with E-state index in [9.17, 15) is 18.3 Å². The number of aromatic nitrogens is 3. The monoisotopic (exact) mass is 441 g/mol. The Morgan fingerprint density at radius 3 is 2.55 bits per heavy atom. The van der Waals surface area contributed by atoms with Crippen LogP contribution in [-0.4, -0.2) is 63.2 Å². The zero-order chi connectivity index (χ0) is 22.0. The van der Waals surface area contributed by atoms with E-state index in [1.807, 2.05) is 0 Å². The first kappa shape index (κ1) is 20.8. The SMILES string of the molecule is CC1(C)OC[C@H]2O[C@@]3(CCCO3)[C@H](O)[C@@H](n3cc(-c4cc(F)c(F)c(F)c4)nn3)[C@H]2O1. The molecule has 3 aliphatic rings. The minimum absolute atomic E-state index is 0.0146. The molecule has 3 aliphatic heterocycles. The van der Waals surface area contributed by atoms with Crippen LogP contribution in [0.2, 0.25) is 0 Å². The molecule has 0 radical (unpaired) electrons. The predicted octanol–water partition coefficient (Wildman–Crippen LogP) is 2.32. The van der Waals surface area contributed by atoms with E-state index in [4.69, 9.17) is 18.9 Å². The van der Waals surface area contributed by atoms with Gasteiger partial charge in [-0.15, -0.1) is 5.10 Å². The Hall–Kier alpha value is -2.05. The highest BCUT2D eigenvalue weighted by Gasteiger charge is 2.60. The first-order chi connectivity index (χ1) is 14.7. The Bertz CT molecular complexity index is 971. The quantitative estimate of drug-likeness (QED) is 0.716. The van der Waals surface area contributed by atoms with Crippen molar-refractivity contribution in [2.24, 2.45) is 0 Å². The standard InChI is InChI=1S/C20H22F3N3O5/c1-19(2)29-9-14-17(31-19)16(18(27)20(30-14)4-3-5-28-20)26-8-13(24-25-26)10-6-11(21)15(23)12(22)7-10/h6-8,14,16-18,27H,3-5,9H2,1-2H3/t14-,16+,17+,18-,20+/m1/s1. The van der Waals surface area contributed by atoms with Crippen LogP contribution < -0.4 is 0 Å². The summed E-state index contributed by atoms with van der Waals surface area (Å²) in [6.45, 7) is 4.16. The van der Waals surface area contributed by atoms with E-state index >= 15 is 0 Å². The van der Waals surface area contributed by atoms with Gasteiger partial charge in [0, 0.05) is 12.0 Å². The fourth-order valence-corrected chi connectivity index (χ4v) is 4.49. The molecule has 1 N–H and O–H groups in total. The third-order valence-corrected chi connectivity index (χ3v) is 5.95. The third kappa shape index (κ3) is 3.44. The van der Waals surface area contributed by atoms with Crippen LogP contribution in [0.3, 0.4) is 0 Å². The van der Waals surface area contributed by atoms with Gasteiger partial charge in [0.1, 0.15) is 30.0 Å². The van der Waals surface area contributed by atoms with Crippen molar-refractivity contribution < 1.29 is 37.2 Å². The zero-order valence-corrected chi connectivity index (χ0v) is 16.9. The molecule has 31 heavy (non-hydrogen) atoms. The van der Waals surface area contributed by atoms with Crippen molar-refractivity contribution in [1.29, 1.82) is 0 Å². The van der Waals surface area contributed by atoms with Crippen molar-refractivity contribution in [1.82, 2.24) is 15.0 Å². The Morgan fingerprint density at radius 2 is 1.87 bits per heavy atom. The van der Waals surface area contributed by atoms with Crippen LogP contribution in [0.4, 0.5) is 13.2 Å². The molecule has 0 aliphatic carbocycles. The van der Waals surface area contributed by atoms with E-state index < -0.39 is 53.4 Å². The molecule has 0 amide bonds. The van der Waals surface area contributed by atoms with Gasteiger partial charge in [0.05, 0.1) is 19.4 Å². The summed E-state index contributed by atoms with van der Waals surface area (Å²) in [6, 6.07) is 0.911. The molecular formula is C20H22F3N3O5. The van der Waals surface area contributed by atoms with Crippen molar-refractivity contribution in [2.45, 2.75) is 62.6 Å². The third-order valence-electron chi connectivity index (χ3n) is 5.95.